The molecule has 0 radical (unpaired) electrons. The van der Waals surface area contributed by atoms with Gasteiger partial charge in [-0.2, -0.15) is 0 Å². The van der Waals surface area contributed by atoms with Crippen molar-refractivity contribution in [2.45, 2.75) is 19.0 Å². The van der Waals surface area contributed by atoms with Crippen LogP contribution in [0.4, 0.5) is 11.5 Å². The van der Waals surface area contributed by atoms with Crippen molar-refractivity contribution in [3.63, 3.8) is 0 Å². The summed E-state index contributed by atoms with van der Waals surface area (Å²) in [6.07, 6.45) is 4.90. The number of aromatic nitrogens is 2. The van der Waals surface area contributed by atoms with E-state index in [1.54, 1.807) is 13.2 Å². The van der Waals surface area contributed by atoms with E-state index in [2.05, 4.69) is 49.5 Å². The van der Waals surface area contributed by atoms with E-state index < -0.39 is 0 Å². The van der Waals surface area contributed by atoms with Gasteiger partial charge in [-0.1, -0.05) is 36.4 Å². The Morgan fingerprint density at radius 2 is 2.08 bits per heavy atom. The Balaban J connectivity index is 1.25. The zero-order chi connectivity index (χ0) is 26.5. The van der Waals surface area contributed by atoms with Gasteiger partial charge in [-0.15, -0.1) is 0 Å². The number of hydrogen-bond acceptors (Lipinski definition) is 9. The number of nitrogens with one attached hydrogen (secondary N) is 2. The molecule has 2 fully saturated rings. The van der Waals surface area contributed by atoms with Gasteiger partial charge < -0.3 is 20.1 Å². The number of esters is 1. The fourth-order valence-electron chi connectivity index (χ4n) is 4.87. The summed E-state index contributed by atoms with van der Waals surface area (Å²) in [5, 5.41) is 7.17. The molecule has 1 amide bonds. The van der Waals surface area contributed by atoms with Gasteiger partial charge >= 0.3 is 5.97 Å². The summed E-state index contributed by atoms with van der Waals surface area (Å²) in [7, 11) is 1.56. The highest BCUT2D eigenvalue weighted by Gasteiger charge is 2.32. The molecule has 10 nitrogen and oxygen atoms in total. The van der Waals surface area contributed by atoms with Crippen LogP contribution in [0, 0.1) is 0 Å². The summed E-state index contributed by atoms with van der Waals surface area (Å²) in [6, 6.07) is 14.0. The largest absolute Gasteiger partial charge is 0.494 e. The van der Waals surface area contributed by atoms with Crippen LogP contribution in [-0.2, 0) is 14.3 Å². The molecule has 2 aliphatic rings. The summed E-state index contributed by atoms with van der Waals surface area (Å²) in [4.78, 5) is 37.5. The molecular weight excluding hydrogens is 484 g/mol. The number of rotatable bonds is 8. The molecule has 0 bridgehead atoms. The lowest BCUT2D eigenvalue weighted by Crippen LogP contribution is -2.59. The quantitative estimate of drug-likeness (QED) is 0.345. The maximum Gasteiger partial charge on any atom is 0.320 e. The Labute approximate surface area is 221 Å². The summed E-state index contributed by atoms with van der Waals surface area (Å²) in [5.74, 6) is 0.781. The van der Waals surface area contributed by atoms with E-state index in [0.29, 0.717) is 42.5 Å². The molecule has 2 aromatic carbocycles. The number of hydrogen-bond donors (Lipinski definition) is 2. The van der Waals surface area contributed by atoms with Crippen LogP contribution in [0.2, 0.25) is 0 Å². The number of fused-ring (bicyclic) bond motifs is 2. The van der Waals surface area contributed by atoms with Crippen molar-refractivity contribution in [1.29, 1.82) is 0 Å². The van der Waals surface area contributed by atoms with Gasteiger partial charge in [0.25, 0.3) is 0 Å². The number of carbonyl (C=O) groups is 2. The Morgan fingerprint density at radius 3 is 2.89 bits per heavy atom. The number of piperazine rings is 1. The minimum Gasteiger partial charge on any atom is -0.494 e. The monoisotopic (exact) mass is 516 g/mol. The van der Waals surface area contributed by atoms with E-state index in [-0.39, 0.29) is 24.0 Å². The first-order chi connectivity index (χ1) is 18.5. The number of carbonyl (C=O) groups excluding carboxylic acids is 2. The number of methoxy groups -OCH3 is 1. The van der Waals surface area contributed by atoms with Crippen molar-refractivity contribution >= 4 is 34.3 Å². The molecule has 0 aliphatic carbocycles. The number of ether oxygens (including phenoxy) is 2. The molecule has 10 heteroatoms. The van der Waals surface area contributed by atoms with Crippen molar-refractivity contribution < 1.29 is 19.1 Å². The van der Waals surface area contributed by atoms with Crippen LogP contribution in [0.25, 0.3) is 10.9 Å². The zero-order valence-electron chi connectivity index (χ0n) is 21.6. The standard InChI is InChI=1S/C28H32N6O4/c1-19(20-7-4-3-5-8-20)31-28-22-13-24(25(37-2)14-23(22)29-18-30-28)32-26(35)9-6-10-33-11-12-34-16-27(36)38-17-21(34)15-33/h3-9,13-14,18-19,21H,10-12,15-17H2,1-2H3,(H,32,35)(H,29,30,31)/b9-6+. The molecular formula is C28H32N6O4. The van der Waals surface area contributed by atoms with Gasteiger partial charge in [0.05, 0.1) is 30.9 Å². The number of anilines is 2. The molecule has 2 aliphatic heterocycles. The van der Waals surface area contributed by atoms with Gasteiger partial charge in [0.15, 0.2) is 0 Å². The predicted molar refractivity (Wildman–Crippen MR) is 145 cm³/mol. The van der Waals surface area contributed by atoms with Gasteiger partial charge in [-0.3, -0.25) is 19.4 Å². The van der Waals surface area contributed by atoms with Gasteiger partial charge in [0.2, 0.25) is 5.91 Å². The topological polar surface area (TPSA) is 109 Å². The van der Waals surface area contributed by atoms with E-state index in [1.165, 1.54) is 12.4 Å². The fourth-order valence-corrected chi connectivity index (χ4v) is 4.87. The molecule has 1 aromatic heterocycles. The molecule has 5 rings (SSSR count). The second kappa shape index (κ2) is 11.6. The molecule has 3 aromatic rings. The van der Waals surface area contributed by atoms with Gasteiger partial charge in [0.1, 0.15) is 24.5 Å². The van der Waals surface area contributed by atoms with Gasteiger partial charge in [-0.25, -0.2) is 9.97 Å². The Morgan fingerprint density at radius 1 is 1.24 bits per heavy atom. The molecule has 2 saturated heterocycles. The number of nitrogens with zero attached hydrogens (tertiary/aromatic N) is 4. The minimum absolute atomic E-state index is 0.0277. The minimum atomic E-state index is -0.253. The zero-order valence-corrected chi connectivity index (χ0v) is 21.6. The van der Waals surface area contributed by atoms with Crippen molar-refractivity contribution in [2.75, 3.05) is 57.1 Å². The first-order valence-corrected chi connectivity index (χ1v) is 12.7. The van der Waals surface area contributed by atoms with Gasteiger partial charge in [0, 0.05) is 49.7 Å². The summed E-state index contributed by atoms with van der Waals surface area (Å²) in [6.45, 7) is 5.94. The summed E-state index contributed by atoms with van der Waals surface area (Å²) < 4.78 is 10.7. The molecule has 2 N–H and O–H groups in total. The molecule has 0 spiro atoms. The number of morpholine rings is 1. The van der Waals surface area contributed by atoms with Crippen LogP contribution in [0.5, 0.6) is 5.75 Å². The van der Waals surface area contributed by atoms with E-state index >= 15 is 0 Å². The smallest absolute Gasteiger partial charge is 0.320 e. The highest BCUT2D eigenvalue weighted by Crippen LogP contribution is 2.33. The Hall–Kier alpha value is -4.02. The van der Waals surface area contributed by atoms with Crippen LogP contribution < -0.4 is 15.4 Å². The van der Waals surface area contributed by atoms with Crippen LogP contribution in [0.3, 0.4) is 0 Å². The highest BCUT2D eigenvalue weighted by molar-refractivity contribution is 6.03. The fraction of sp³-hybridized carbons (Fsp3) is 0.357. The molecule has 0 saturated carbocycles. The lowest BCUT2D eigenvalue weighted by molar-refractivity contribution is -0.157. The molecule has 2 atom stereocenters. The number of benzene rings is 2. The van der Waals surface area contributed by atoms with Gasteiger partial charge in [-0.05, 0) is 18.6 Å². The second-order valence-electron chi connectivity index (χ2n) is 9.53. The third-order valence-corrected chi connectivity index (χ3v) is 6.96. The van der Waals surface area contributed by atoms with Crippen LogP contribution in [0.1, 0.15) is 18.5 Å². The van der Waals surface area contributed by atoms with E-state index in [1.807, 2.05) is 30.3 Å². The van der Waals surface area contributed by atoms with E-state index in [0.717, 1.165) is 30.6 Å². The van der Waals surface area contributed by atoms with Crippen LogP contribution >= 0.6 is 0 Å². The Bertz CT molecular complexity index is 1330. The lowest BCUT2D eigenvalue weighted by atomic mass is 10.1. The summed E-state index contributed by atoms with van der Waals surface area (Å²) >= 11 is 0. The molecule has 198 valence electrons. The van der Waals surface area contributed by atoms with E-state index in [4.69, 9.17) is 9.47 Å². The second-order valence-corrected chi connectivity index (χ2v) is 9.53. The van der Waals surface area contributed by atoms with Crippen molar-refractivity contribution in [1.82, 2.24) is 19.8 Å². The molecule has 38 heavy (non-hydrogen) atoms. The van der Waals surface area contributed by atoms with Crippen LogP contribution in [-0.4, -0.2) is 84.1 Å². The van der Waals surface area contributed by atoms with Crippen LogP contribution in [0.15, 0.2) is 60.9 Å². The first kappa shape index (κ1) is 25.6. The Kier molecular flexibility index (Phi) is 7.81. The predicted octanol–water partition coefficient (Wildman–Crippen LogP) is 2.85. The molecule has 2 unspecified atom stereocenters. The SMILES string of the molecule is COc1cc2ncnc(NC(C)c3ccccc3)c2cc1NC(=O)/C=C/CN1CCN2CC(=O)OCC2C1. The number of amides is 1. The maximum atomic E-state index is 12.8. The maximum absolute atomic E-state index is 12.8. The first-order valence-electron chi connectivity index (χ1n) is 12.7. The lowest BCUT2D eigenvalue weighted by Gasteiger charge is -2.42. The number of cyclic esters (lactones) is 1. The van der Waals surface area contributed by atoms with Crippen molar-refractivity contribution in [3.8, 4) is 5.75 Å². The average Bonchev–Trinajstić information content (AvgIpc) is 2.93. The normalized spacial score (nSPS) is 19.1. The third-order valence-electron chi connectivity index (χ3n) is 6.96. The average molecular weight is 517 g/mol. The third kappa shape index (κ3) is 5.92. The molecule has 3 heterocycles. The highest BCUT2D eigenvalue weighted by atomic mass is 16.5. The van der Waals surface area contributed by atoms with Crippen molar-refractivity contribution in [2.24, 2.45) is 0 Å². The van der Waals surface area contributed by atoms with Crippen molar-refractivity contribution in [3.05, 3.63) is 66.5 Å². The summed E-state index contributed by atoms with van der Waals surface area (Å²) in [5.41, 5.74) is 2.38. The van der Waals surface area contributed by atoms with E-state index in [9.17, 15) is 9.59 Å².